The van der Waals surface area contributed by atoms with Gasteiger partial charge >= 0.3 is 6.18 Å². The van der Waals surface area contributed by atoms with E-state index in [4.69, 9.17) is 11.6 Å². The summed E-state index contributed by atoms with van der Waals surface area (Å²) in [4.78, 5) is 0. The van der Waals surface area contributed by atoms with Gasteiger partial charge in [0, 0.05) is 5.69 Å². The lowest BCUT2D eigenvalue weighted by Crippen LogP contribution is -2.05. The molecular formula is C7H5ClF3NS. The molecule has 6 heteroatoms. The third-order valence-corrected chi connectivity index (χ3v) is 1.97. The lowest BCUT2D eigenvalue weighted by atomic mass is 10.2. The summed E-state index contributed by atoms with van der Waals surface area (Å²) in [7, 11) is 0. The monoisotopic (exact) mass is 227 g/mol. The molecular weight excluding hydrogens is 223 g/mol. The molecule has 0 radical (unpaired) electrons. The van der Waals surface area contributed by atoms with Gasteiger partial charge in [0.25, 0.3) is 0 Å². The lowest BCUT2D eigenvalue weighted by molar-refractivity contribution is -0.137. The van der Waals surface area contributed by atoms with E-state index in [0.29, 0.717) is 5.69 Å². The Bertz CT molecular complexity index is 313. The average molecular weight is 228 g/mol. The molecule has 0 heterocycles. The Morgan fingerprint density at radius 3 is 2.31 bits per heavy atom. The van der Waals surface area contributed by atoms with E-state index in [1.54, 1.807) is 0 Å². The molecule has 0 aliphatic rings. The van der Waals surface area contributed by atoms with Crippen molar-refractivity contribution >= 4 is 30.1 Å². The zero-order valence-electron chi connectivity index (χ0n) is 6.19. The van der Waals surface area contributed by atoms with E-state index in [-0.39, 0.29) is 5.02 Å². The standard InChI is InChI=1S/C7H5ClF3NS/c8-6-3-4(12-13)1-2-5(6)7(9,10)11/h1-3,12-13H. The summed E-state index contributed by atoms with van der Waals surface area (Å²) in [6.07, 6.45) is -4.41. The highest BCUT2D eigenvalue weighted by Crippen LogP contribution is 2.35. The van der Waals surface area contributed by atoms with Crippen molar-refractivity contribution in [3.63, 3.8) is 0 Å². The van der Waals surface area contributed by atoms with Gasteiger partial charge in [0.15, 0.2) is 0 Å². The van der Waals surface area contributed by atoms with E-state index in [9.17, 15) is 13.2 Å². The van der Waals surface area contributed by atoms with E-state index >= 15 is 0 Å². The number of hydrogen-bond acceptors (Lipinski definition) is 2. The summed E-state index contributed by atoms with van der Waals surface area (Å²) in [5.74, 6) is 0. The minimum Gasteiger partial charge on any atom is -0.332 e. The molecule has 1 rings (SSSR count). The van der Waals surface area contributed by atoms with Crippen molar-refractivity contribution in [3.05, 3.63) is 28.8 Å². The van der Waals surface area contributed by atoms with Crippen LogP contribution in [0.2, 0.25) is 5.02 Å². The van der Waals surface area contributed by atoms with E-state index in [0.717, 1.165) is 12.1 Å². The summed E-state index contributed by atoms with van der Waals surface area (Å²) in [5, 5.41) is -0.341. The highest BCUT2D eigenvalue weighted by atomic mass is 35.5. The summed E-state index contributed by atoms with van der Waals surface area (Å²) >= 11 is 9.07. The van der Waals surface area contributed by atoms with Crippen LogP contribution in [-0.2, 0) is 6.18 Å². The Morgan fingerprint density at radius 2 is 1.92 bits per heavy atom. The van der Waals surface area contributed by atoms with E-state index in [2.05, 4.69) is 17.5 Å². The van der Waals surface area contributed by atoms with Crippen LogP contribution in [0.4, 0.5) is 18.9 Å². The van der Waals surface area contributed by atoms with Crippen LogP contribution in [0.25, 0.3) is 0 Å². The molecule has 1 nitrogen and oxygen atoms in total. The van der Waals surface area contributed by atoms with Gasteiger partial charge in [-0.05, 0) is 18.2 Å². The molecule has 1 aromatic rings. The van der Waals surface area contributed by atoms with Crippen LogP contribution in [0.3, 0.4) is 0 Å². The quantitative estimate of drug-likeness (QED) is 0.699. The molecule has 13 heavy (non-hydrogen) atoms. The van der Waals surface area contributed by atoms with Crippen molar-refractivity contribution in [1.29, 1.82) is 0 Å². The molecule has 0 atom stereocenters. The Labute approximate surface area is 83.4 Å². The highest BCUT2D eigenvalue weighted by molar-refractivity contribution is 7.81. The van der Waals surface area contributed by atoms with Gasteiger partial charge in [0.1, 0.15) is 0 Å². The minimum absolute atomic E-state index is 0.341. The number of hydrogen-bond donors (Lipinski definition) is 2. The molecule has 0 amide bonds. The second-order valence-corrected chi connectivity index (χ2v) is 2.93. The summed E-state index contributed by atoms with van der Waals surface area (Å²) in [6.45, 7) is 0. The normalized spacial score (nSPS) is 11.5. The van der Waals surface area contributed by atoms with Crippen LogP contribution < -0.4 is 4.72 Å². The zero-order valence-corrected chi connectivity index (χ0v) is 7.84. The van der Waals surface area contributed by atoms with Gasteiger partial charge < -0.3 is 4.72 Å². The number of rotatable bonds is 1. The second-order valence-electron chi connectivity index (χ2n) is 2.30. The smallest absolute Gasteiger partial charge is 0.332 e. The van der Waals surface area contributed by atoms with E-state index in [1.165, 1.54) is 6.07 Å². The van der Waals surface area contributed by atoms with E-state index < -0.39 is 11.7 Å². The molecule has 1 N–H and O–H groups in total. The molecule has 0 fully saturated rings. The molecule has 0 aliphatic carbocycles. The first-order chi connectivity index (χ1) is 5.95. The SMILES string of the molecule is FC(F)(F)c1ccc(NS)cc1Cl. The first kappa shape index (κ1) is 10.5. The fourth-order valence-corrected chi connectivity index (χ4v) is 1.24. The van der Waals surface area contributed by atoms with E-state index in [1.807, 2.05) is 0 Å². The second kappa shape index (κ2) is 3.67. The number of alkyl halides is 3. The number of benzene rings is 1. The van der Waals surface area contributed by atoms with Crippen LogP contribution in [0.15, 0.2) is 18.2 Å². The first-order valence-electron chi connectivity index (χ1n) is 3.22. The molecule has 0 spiro atoms. The minimum atomic E-state index is -4.41. The Hall–Kier alpha value is -0.550. The lowest BCUT2D eigenvalue weighted by Gasteiger charge is -2.09. The Balaban J connectivity index is 3.13. The Kier molecular flexibility index (Phi) is 2.98. The molecule has 1 aromatic carbocycles. The van der Waals surface area contributed by atoms with Gasteiger partial charge in [0.05, 0.1) is 10.6 Å². The van der Waals surface area contributed by atoms with Gasteiger partial charge in [-0.2, -0.15) is 13.2 Å². The molecule has 0 bridgehead atoms. The summed E-state index contributed by atoms with van der Waals surface area (Å²) in [6, 6.07) is 3.32. The maximum atomic E-state index is 12.2. The van der Waals surface area contributed by atoms with Gasteiger partial charge in [0.2, 0.25) is 0 Å². The van der Waals surface area contributed by atoms with Crippen LogP contribution >= 0.6 is 24.4 Å². The fourth-order valence-electron chi connectivity index (χ4n) is 0.815. The van der Waals surface area contributed by atoms with Crippen LogP contribution in [0.5, 0.6) is 0 Å². The Morgan fingerprint density at radius 1 is 1.31 bits per heavy atom. The maximum absolute atomic E-state index is 12.2. The average Bonchev–Trinajstić information content (AvgIpc) is 2.01. The summed E-state index contributed by atoms with van der Waals surface area (Å²) < 4.78 is 38.9. The predicted octanol–water partition coefficient (Wildman–Crippen LogP) is 3.62. The third kappa shape index (κ3) is 2.45. The molecule has 0 saturated carbocycles. The fraction of sp³-hybridized carbons (Fsp3) is 0.143. The van der Waals surface area contributed by atoms with Crippen molar-refractivity contribution < 1.29 is 13.2 Å². The van der Waals surface area contributed by atoms with Crippen molar-refractivity contribution in [2.24, 2.45) is 0 Å². The van der Waals surface area contributed by atoms with Crippen molar-refractivity contribution in [1.82, 2.24) is 0 Å². The largest absolute Gasteiger partial charge is 0.417 e. The third-order valence-electron chi connectivity index (χ3n) is 1.40. The van der Waals surface area contributed by atoms with Crippen LogP contribution in [0, 0.1) is 0 Å². The molecule has 72 valence electrons. The van der Waals surface area contributed by atoms with Crippen LogP contribution in [-0.4, -0.2) is 0 Å². The van der Waals surface area contributed by atoms with Gasteiger partial charge in [-0.3, -0.25) is 0 Å². The zero-order chi connectivity index (χ0) is 10.1. The van der Waals surface area contributed by atoms with Crippen molar-refractivity contribution in [2.45, 2.75) is 6.18 Å². The maximum Gasteiger partial charge on any atom is 0.417 e. The van der Waals surface area contributed by atoms with Crippen molar-refractivity contribution in [2.75, 3.05) is 4.72 Å². The van der Waals surface area contributed by atoms with Gasteiger partial charge in [-0.1, -0.05) is 24.4 Å². The number of anilines is 1. The van der Waals surface area contributed by atoms with Crippen LogP contribution in [0.1, 0.15) is 5.56 Å². The highest BCUT2D eigenvalue weighted by Gasteiger charge is 2.32. The predicted molar refractivity (Wildman–Crippen MR) is 49.1 cm³/mol. The summed E-state index contributed by atoms with van der Waals surface area (Å²) in [5.41, 5.74) is -0.428. The number of nitrogens with one attached hydrogen (secondary N) is 1. The first-order valence-corrected chi connectivity index (χ1v) is 4.04. The van der Waals surface area contributed by atoms with Gasteiger partial charge in [-0.15, -0.1) is 0 Å². The molecule has 0 aliphatic heterocycles. The molecule has 0 unspecified atom stereocenters. The number of halogens is 4. The van der Waals surface area contributed by atoms with Crippen molar-refractivity contribution in [3.8, 4) is 0 Å². The van der Waals surface area contributed by atoms with Gasteiger partial charge in [-0.25, -0.2) is 0 Å². The number of thiol groups is 1. The molecule has 0 saturated heterocycles. The molecule has 0 aromatic heterocycles. The topological polar surface area (TPSA) is 12.0 Å².